The van der Waals surface area contributed by atoms with Gasteiger partial charge in [-0.15, -0.1) is 0 Å². The standard InChI is InChI=1S/C16H20FNO/c1-11-10-15(8-9-16(11)18-3)19-12(2)13-4-6-14(17)7-5-13/h4-8,11,16,18H,2,9-10H2,1,3H3/t11-,16?/m1/s1. The fourth-order valence-electron chi connectivity index (χ4n) is 2.37. The van der Waals surface area contributed by atoms with Gasteiger partial charge >= 0.3 is 0 Å². The Bertz CT molecular complexity index is 478. The molecule has 2 rings (SSSR count). The summed E-state index contributed by atoms with van der Waals surface area (Å²) in [6.45, 7) is 6.12. The first-order chi connectivity index (χ1) is 9.10. The van der Waals surface area contributed by atoms with Crippen LogP contribution < -0.4 is 5.32 Å². The molecule has 1 aromatic carbocycles. The topological polar surface area (TPSA) is 21.3 Å². The van der Waals surface area contributed by atoms with Crippen molar-refractivity contribution in [2.24, 2.45) is 5.92 Å². The van der Waals surface area contributed by atoms with Crippen LogP contribution in [0.25, 0.3) is 5.76 Å². The van der Waals surface area contributed by atoms with E-state index in [0.29, 0.717) is 17.7 Å². The number of nitrogens with one attached hydrogen (secondary N) is 1. The van der Waals surface area contributed by atoms with Crippen molar-refractivity contribution < 1.29 is 9.13 Å². The van der Waals surface area contributed by atoms with Gasteiger partial charge in [-0.1, -0.05) is 13.5 Å². The van der Waals surface area contributed by atoms with Gasteiger partial charge in [0.05, 0.1) is 0 Å². The Morgan fingerprint density at radius 3 is 2.63 bits per heavy atom. The van der Waals surface area contributed by atoms with Crippen LogP contribution in [-0.4, -0.2) is 13.1 Å². The van der Waals surface area contributed by atoms with Gasteiger partial charge in [-0.25, -0.2) is 4.39 Å². The second kappa shape index (κ2) is 6.02. The van der Waals surface area contributed by atoms with Gasteiger partial charge in [0, 0.05) is 18.0 Å². The van der Waals surface area contributed by atoms with E-state index in [0.717, 1.165) is 24.2 Å². The van der Waals surface area contributed by atoms with E-state index in [-0.39, 0.29) is 5.82 Å². The summed E-state index contributed by atoms with van der Waals surface area (Å²) in [5.74, 6) is 1.81. The van der Waals surface area contributed by atoms with Gasteiger partial charge in [0.15, 0.2) is 0 Å². The molecule has 0 saturated heterocycles. The maximum atomic E-state index is 12.9. The Morgan fingerprint density at radius 2 is 2.05 bits per heavy atom. The minimum absolute atomic E-state index is 0.251. The van der Waals surface area contributed by atoms with E-state index in [4.69, 9.17) is 4.74 Å². The summed E-state index contributed by atoms with van der Waals surface area (Å²) < 4.78 is 18.7. The summed E-state index contributed by atoms with van der Waals surface area (Å²) >= 11 is 0. The highest BCUT2D eigenvalue weighted by Gasteiger charge is 2.22. The zero-order valence-corrected chi connectivity index (χ0v) is 11.4. The minimum atomic E-state index is -0.251. The number of ether oxygens (including phenoxy) is 1. The zero-order valence-electron chi connectivity index (χ0n) is 11.4. The van der Waals surface area contributed by atoms with Crippen molar-refractivity contribution in [3.8, 4) is 0 Å². The van der Waals surface area contributed by atoms with E-state index in [1.807, 2.05) is 7.05 Å². The van der Waals surface area contributed by atoms with Crippen molar-refractivity contribution in [1.82, 2.24) is 5.32 Å². The Hall–Kier alpha value is -1.61. The smallest absolute Gasteiger partial charge is 0.126 e. The number of benzene rings is 1. The van der Waals surface area contributed by atoms with Crippen LogP contribution in [0.4, 0.5) is 4.39 Å². The third-order valence-corrected chi connectivity index (χ3v) is 3.60. The van der Waals surface area contributed by atoms with Crippen LogP contribution in [0.15, 0.2) is 42.7 Å². The van der Waals surface area contributed by atoms with Crippen LogP contribution in [0.2, 0.25) is 0 Å². The molecule has 102 valence electrons. The molecule has 0 radical (unpaired) electrons. The summed E-state index contributed by atoms with van der Waals surface area (Å²) in [6.07, 6.45) is 3.96. The maximum Gasteiger partial charge on any atom is 0.126 e. The summed E-state index contributed by atoms with van der Waals surface area (Å²) in [4.78, 5) is 0. The second-order valence-corrected chi connectivity index (χ2v) is 5.01. The molecule has 19 heavy (non-hydrogen) atoms. The molecule has 1 N–H and O–H groups in total. The van der Waals surface area contributed by atoms with E-state index in [2.05, 4.69) is 24.9 Å². The molecule has 2 atom stereocenters. The van der Waals surface area contributed by atoms with E-state index in [1.54, 1.807) is 12.1 Å². The lowest BCUT2D eigenvalue weighted by molar-refractivity contribution is 0.284. The van der Waals surface area contributed by atoms with Crippen LogP contribution in [0, 0.1) is 11.7 Å². The molecular weight excluding hydrogens is 241 g/mol. The van der Waals surface area contributed by atoms with Crippen LogP contribution in [0.5, 0.6) is 0 Å². The molecule has 0 aromatic heterocycles. The van der Waals surface area contributed by atoms with Gasteiger partial charge in [0.25, 0.3) is 0 Å². The number of rotatable bonds is 4. The fraction of sp³-hybridized carbons (Fsp3) is 0.375. The largest absolute Gasteiger partial charge is 0.462 e. The Balaban J connectivity index is 2.00. The Labute approximate surface area is 114 Å². The second-order valence-electron chi connectivity index (χ2n) is 5.01. The third kappa shape index (κ3) is 3.44. The highest BCUT2D eigenvalue weighted by molar-refractivity contribution is 5.58. The van der Waals surface area contributed by atoms with Gasteiger partial charge < -0.3 is 10.1 Å². The molecule has 0 saturated carbocycles. The molecule has 0 spiro atoms. The van der Waals surface area contributed by atoms with Crippen LogP contribution in [0.1, 0.15) is 25.3 Å². The molecule has 2 nitrogen and oxygen atoms in total. The molecule has 1 aliphatic carbocycles. The van der Waals surface area contributed by atoms with Crippen molar-refractivity contribution in [3.63, 3.8) is 0 Å². The number of allylic oxidation sites excluding steroid dienone is 1. The lowest BCUT2D eigenvalue weighted by atomic mass is 9.89. The first-order valence-electron chi connectivity index (χ1n) is 6.59. The first kappa shape index (κ1) is 13.8. The van der Waals surface area contributed by atoms with Crippen LogP contribution >= 0.6 is 0 Å². The molecular formula is C16H20FNO. The predicted molar refractivity (Wildman–Crippen MR) is 75.8 cm³/mol. The third-order valence-electron chi connectivity index (χ3n) is 3.60. The monoisotopic (exact) mass is 261 g/mol. The minimum Gasteiger partial charge on any atom is -0.462 e. The van der Waals surface area contributed by atoms with Gasteiger partial charge in [-0.3, -0.25) is 0 Å². The van der Waals surface area contributed by atoms with Gasteiger partial charge in [0.1, 0.15) is 17.3 Å². The fourth-order valence-corrected chi connectivity index (χ4v) is 2.37. The maximum absolute atomic E-state index is 12.9. The normalized spacial score (nSPS) is 22.8. The summed E-state index contributed by atoms with van der Waals surface area (Å²) in [7, 11) is 1.98. The Morgan fingerprint density at radius 1 is 1.37 bits per heavy atom. The van der Waals surface area contributed by atoms with Gasteiger partial charge in [-0.2, -0.15) is 0 Å². The molecule has 0 aliphatic heterocycles. The molecule has 0 heterocycles. The van der Waals surface area contributed by atoms with E-state index in [9.17, 15) is 4.39 Å². The van der Waals surface area contributed by atoms with Crippen molar-refractivity contribution in [2.45, 2.75) is 25.8 Å². The summed E-state index contributed by atoms with van der Waals surface area (Å²) in [5.41, 5.74) is 0.811. The summed E-state index contributed by atoms with van der Waals surface area (Å²) in [6, 6.07) is 6.70. The molecule has 1 unspecified atom stereocenters. The molecule has 1 aromatic rings. The van der Waals surface area contributed by atoms with E-state index < -0.39 is 0 Å². The SMILES string of the molecule is C=C(OC1=CCC(NC)[C@H](C)C1)c1ccc(F)cc1. The quantitative estimate of drug-likeness (QED) is 0.834. The van der Waals surface area contributed by atoms with Crippen LogP contribution in [-0.2, 0) is 4.74 Å². The summed E-state index contributed by atoms with van der Waals surface area (Å²) in [5, 5.41) is 3.30. The van der Waals surface area contributed by atoms with Gasteiger partial charge in [0.2, 0.25) is 0 Å². The van der Waals surface area contributed by atoms with Gasteiger partial charge in [-0.05, 0) is 49.7 Å². The number of halogens is 1. The number of hydrogen-bond acceptors (Lipinski definition) is 2. The van der Waals surface area contributed by atoms with Crippen molar-refractivity contribution in [1.29, 1.82) is 0 Å². The average molecular weight is 261 g/mol. The highest BCUT2D eigenvalue weighted by Crippen LogP contribution is 2.28. The van der Waals surface area contributed by atoms with E-state index in [1.165, 1.54) is 12.1 Å². The molecule has 0 fully saturated rings. The molecule has 1 aliphatic rings. The molecule has 3 heteroatoms. The first-order valence-corrected chi connectivity index (χ1v) is 6.59. The molecule has 0 amide bonds. The lowest BCUT2D eigenvalue weighted by Crippen LogP contribution is -2.34. The lowest BCUT2D eigenvalue weighted by Gasteiger charge is -2.28. The number of hydrogen-bond donors (Lipinski definition) is 1. The van der Waals surface area contributed by atoms with Crippen LogP contribution in [0.3, 0.4) is 0 Å². The van der Waals surface area contributed by atoms with Crippen molar-refractivity contribution >= 4 is 5.76 Å². The van der Waals surface area contributed by atoms with Crippen molar-refractivity contribution in [3.05, 3.63) is 54.1 Å². The van der Waals surface area contributed by atoms with Crippen molar-refractivity contribution in [2.75, 3.05) is 7.05 Å². The predicted octanol–water partition coefficient (Wildman–Crippen LogP) is 3.71. The Kier molecular flexibility index (Phi) is 4.38. The zero-order chi connectivity index (χ0) is 13.8. The average Bonchev–Trinajstić information content (AvgIpc) is 2.39. The van der Waals surface area contributed by atoms with E-state index >= 15 is 0 Å². The molecule has 0 bridgehead atoms. The highest BCUT2D eigenvalue weighted by atomic mass is 19.1.